The predicted molar refractivity (Wildman–Crippen MR) is 112 cm³/mol. The van der Waals surface area contributed by atoms with Gasteiger partial charge in [0.15, 0.2) is 0 Å². The molecule has 0 atom stereocenters. The Bertz CT molecular complexity index is 1120. The van der Waals surface area contributed by atoms with Crippen LogP contribution < -0.4 is 5.32 Å². The number of halogens is 1. The summed E-state index contributed by atoms with van der Waals surface area (Å²) in [7, 11) is -3.53. The van der Waals surface area contributed by atoms with Gasteiger partial charge in [0, 0.05) is 18.7 Å². The van der Waals surface area contributed by atoms with Crippen LogP contribution in [0.2, 0.25) is 0 Å². The lowest BCUT2D eigenvalue weighted by Gasteiger charge is -2.25. The molecule has 0 bridgehead atoms. The van der Waals surface area contributed by atoms with Crippen molar-refractivity contribution in [3.8, 4) is 10.8 Å². The van der Waals surface area contributed by atoms with Gasteiger partial charge in [-0.2, -0.15) is 4.31 Å². The number of anilines is 1. The van der Waals surface area contributed by atoms with Crippen molar-refractivity contribution < 1.29 is 17.6 Å². The van der Waals surface area contributed by atoms with Crippen LogP contribution in [0.1, 0.15) is 29.6 Å². The number of hydrogen-bond acceptors (Lipinski definition) is 7. The number of carbonyl (C=O) groups excluding carboxylic acids is 1. The van der Waals surface area contributed by atoms with E-state index in [9.17, 15) is 13.2 Å². The first-order valence-electron chi connectivity index (χ1n) is 8.94. The highest BCUT2D eigenvalue weighted by molar-refractivity contribution is 9.11. The van der Waals surface area contributed by atoms with Gasteiger partial charge in [-0.25, -0.2) is 8.42 Å². The summed E-state index contributed by atoms with van der Waals surface area (Å²) in [5, 5.41) is 10.3. The molecule has 1 amide bonds. The van der Waals surface area contributed by atoms with E-state index in [0.717, 1.165) is 27.9 Å². The van der Waals surface area contributed by atoms with Gasteiger partial charge in [-0.3, -0.25) is 10.1 Å². The topological polar surface area (TPSA) is 105 Å². The fraction of sp³-hybridized carbons (Fsp3) is 0.278. The fourth-order valence-electron chi connectivity index (χ4n) is 3.00. The first kappa shape index (κ1) is 20.2. The molecule has 152 valence electrons. The van der Waals surface area contributed by atoms with Crippen molar-refractivity contribution in [1.82, 2.24) is 14.5 Å². The molecule has 11 heteroatoms. The van der Waals surface area contributed by atoms with Crippen molar-refractivity contribution in [1.29, 1.82) is 0 Å². The summed E-state index contributed by atoms with van der Waals surface area (Å²) >= 11 is 4.80. The third-order valence-corrected chi connectivity index (χ3v) is 8.02. The minimum absolute atomic E-state index is 0.0282. The zero-order valence-electron chi connectivity index (χ0n) is 15.2. The molecular formula is C18H17BrN4O4S2. The van der Waals surface area contributed by atoms with Crippen LogP contribution in [0, 0.1) is 0 Å². The van der Waals surface area contributed by atoms with Crippen LogP contribution in [0.4, 0.5) is 6.01 Å². The van der Waals surface area contributed by atoms with E-state index < -0.39 is 15.9 Å². The van der Waals surface area contributed by atoms with Crippen LogP contribution in [0.25, 0.3) is 10.8 Å². The number of piperidine rings is 1. The summed E-state index contributed by atoms with van der Waals surface area (Å²) in [5.41, 5.74) is 0.293. The van der Waals surface area contributed by atoms with Crippen molar-refractivity contribution in [2.45, 2.75) is 24.2 Å². The third-order valence-electron chi connectivity index (χ3n) is 4.50. The van der Waals surface area contributed by atoms with E-state index in [4.69, 9.17) is 4.42 Å². The van der Waals surface area contributed by atoms with Crippen LogP contribution in [0.5, 0.6) is 0 Å². The monoisotopic (exact) mass is 496 g/mol. The van der Waals surface area contributed by atoms with Gasteiger partial charge >= 0.3 is 6.01 Å². The highest BCUT2D eigenvalue weighted by atomic mass is 79.9. The van der Waals surface area contributed by atoms with Gasteiger partial charge in [0.25, 0.3) is 11.8 Å². The first-order chi connectivity index (χ1) is 13.9. The van der Waals surface area contributed by atoms with Crippen molar-refractivity contribution >= 4 is 49.2 Å². The summed E-state index contributed by atoms with van der Waals surface area (Å²) in [6.45, 7) is 1.07. The van der Waals surface area contributed by atoms with Crippen molar-refractivity contribution in [2.75, 3.05) is 18.4 Å². The van der Waals surface area contributed by atoms with Crippen LogP contribution in [0.15, 0.2) is 49.5 Å². The molecule has 0 aliphatic carbocycles. The molecule has 8 nitrogen and oxygen atoms in total. The molecule has 1 aromatic carbocycles. The summed E-state index contributed by atoms with van der Waals surface area (Å²) in [5.74, 6) is -0.159. The lowest BCUT2D eigenvalue weighted by molar-refractivity contribution is 0.102. The maximum absolute atomic E-state index is 12.7. The molecule has 3 heterocycles. The second kappa shape index (κ2) is 8.34. The van der Waals surface area contributed by atoms with Gasteiger partial charge in [0.2, 0.25) is 10.0 Å². The van der Waals surface area contributed by atoms with Crippen LogP contribution in [-0.4, -0.2) is 41.9 Å². The Morgan fingerprint density at radius 1 is 1.07 bits per heavy atom. The number of carbonyl (C=O) groups is 1. The molecule has 3 aromatic rings. The van der Waals surface area contributed by atoms with E-state index in [1.807, 2.05) is 12.1 Å². The van der Waals surface area contributed by atoms with Gasteiger partial charge in [-0.1, -0.05) is 11.5 Å². The molecular weight excluding hydrogens is 480 g/mol. The highest BCUT2D eigenvalue weighted by Gasteiger charge is 2.26. The number of sulfonamides is 1. The zero-order valence-corrected chi connectivity index (χ0v) is 18.4. The quantitative estimate of drug-likeness (QED) is 0.572. The van der Waals surface area contributed by atoms with Gasteiger partial charge < -0.3 is 4.42 Å². The number of nitrogens with one attached hydrogen (secondary N) is 1. The van der Waals surface area contributed by atoms with Gasteiger partial charge in [-0.05, 0) is 65.2 Å². The molecule has 0 radical (unpaired) electrons. The number of nitrogens with zero attached hydrogens (tertiary/aromatic N) is 3. The average Bonchev–Trinajstić information content (AvgIpc) is 3.37. The van der Waals surface area contributed by atoms with E-state index in [0.29, 0.717) is 24.5 Å². The van der Waals surface area contributed by atoms with Gasteiger partial charge in [0.1, 0.15) is 0 Å². The molecule has 1 N–H and O–H groups in total. The number of amides is 1. The summed E-state index contributed by atoms with van der Waals surface area (Å²) in [6, 6.07) is 9.50. The number of aromatic nitrogens is 2. The molecule has 0 saturated carbocycles. The largest absolute Gasteiger partial charge is 0.402 e. The Labute approximate surface area is 180 Å². The van der Waals surface area contributed by atoms with Gasteiger partial charge in [0.05, 0.1) is 13.6 Å². The molecule has 2 aromatic heterocycles. The van der Waals surface area contributed by atoms with E-state index in [-0.39, 0.29) is 10.9 Å². The maximum atomic E-state index is 12.7. The highest BCUT2D eigenvalue weighted by Crippen LogP contribution is 2.31. The Balaban J connectivity index is 1.45. The summed E-state index contributed by atoms with van der Waals surface area (Å²) < 4.78 is 33.3. The second-order valence-corrected chi connectivity index (χ2v) is 10.9. The Hall–Kier alpha value is -2.08. The normalized spacial score (nSPS) is 15.3. The van der Waals surface area contributed by atoms with Crippen molar-refractivity contribution in [2.24, 2.45) is 0 Å². The molecule has 4 rings (SSSR count). The summed E-state index contributed by atoms with van der Waals surface area (Å²) in [4.78, 5) is 13.4. The van der Waals surface area contributed by atoms with Crippen molar-refractivity contribution in [3.63, 3.8) is 0 Å². The van der Waals surface area contributed by atoms with E-state index in [1.165, 1.54) is 39.9 Å². The predicted octanol–water partition coefficient (Wildman–Crippen LogP) is 3.99. The average molecular weight is 497 g/mol. The number of rotatable bonds is 5. The number of thiophene rings is 1. The zero-order chi connectivity index (χ0) is 20.4. The summed E-state index contributed by atoms with van der Waals surface area (Å²) in [6.07, 6.45) is 2.79. The third kappa shape index (κ3) is 4.42. The lowest BCUT2D eigenvalue weighted by atomic mass is 10.2. The molecule has 29 heavy (non-hydrogen) atoms. The van der Waals surface area contributed by atoms with E-state index >= 15 is 0 Å². The Morgan fingerprint density at radius 3 is 2.45 bits per heavy atom. The minimum Gasteiger partial charge on any atom is -0.402 e. The standard InChI is InChI=1S/C18H17BrN4O4S2/c19-15-9-8-14(28-15)17-21-22-18(27-17)20-16(24)12-4-6-13(7-5-12)29(25,26)23-10-2-1-3-11-23/h4-9H,1-3,10-11H2,(H,20,22,24). The van der Waals surface area contributed by atoms with Crippen LogP contribution >= 0.6 is 27.3 Å². The molecule has 1 fully saturated rings. The van der Waals surface area contributed by atoms with Crippen LogP contribution in [0.3, 0.4) is 0 Å². The molecule has 1 saturated heterocycles. The molecule has 0 spiro atoms. The smallest absolute Gasteiger partial charge is 0.322 e. The maximum Gasteiger partial charge on any atom is 0.322 e. The molecule has 0 unspecified atom stereocenters. The molecule has 1 aliphatic rings. The van der Waals surface area contributed by atoms with E-state index in [2.05, 4.69) is 31.4 Å². The first-order valence-corrected chi connectivity index (χ1v) is 12.0. The van der Waals surface area contributed by atoms with Crippen LogP contribution in [-0.2, 0) is 10.0 Å². The minimum atomic E-state index is -3.53. The lowest BCUT2D eigenvalue weighted by Crippen LogP contribution is -2.35. The van der Waals surface area contributed by atoms with Crippen molar-refractivity contribution in [3.05, 3.63) is 45.7 Å². The van der Waals surface area contributed by atoms with Gasteiger partial charge in [-0.15, -0.1) is 16.4 Å². The van der Waals surface area contributed by atoms with E-state index in [1.54, 1.807) is 0 Å². The SMILES string of the molecule is O=C(Nc1nnc(-c2ccc(Br)s2)o1)c1ccc(S(=O)(=O)N2CCCCC2)cc1. The Kier molecular flexibility index (Phi) is 5.81. The molecule has 1 aliphatic heterocycles. The number of benzene rings is 1. The fourth-order valence-corrected chi connectivity index (χ4v) is 5.83. The second-order valence-electron chi connectivity index (χ2n) is 6.46. The number of hydrogen-bond donors (Lipinski definition) is 1. The Morgan fingerprint density at radius 2 is 1.79 bits per heavy atom.